The molecule has 0 amide bonds. The standard InChI is InChI=1S/C20H21ClN6O3S/c1-11(12-2-3-12)27-18-16(10-24-20(21)26-18)25-17(19(27)28)23-8-13-4-5-15(9-22-13)31(29,30)14-6-7-14/h4-5,9-12,14H,2-3,6-8H2,1H3,(H,23,25)/t11-/m0/s1. The van der Waals surface area contributed by atoms with Gasteiger partial charge in [-0.2, -0.15) is 4.98 Å². The van der Waals surface area contributed by atoms with Gasteiger partial charge in [0.15, 0.2) is 21.3 Å². The van der Waals surface area contributed by atoms with Crippen molar-refractivity contribution in [3.63, 3.8) is 0 Å². The Kier molecular flexibility index (Phi) is 4.93. The summed E-state index contributed by atoms with van der Waals surface area (Å²) in [5, 5.41) is 2.83. The number of hydrogen-bond acceptors (Lipinski definition) is 8. The topological polar surface area (TPSA) is 120 Å². The van der Waals surface area contributed by atoms with Crippen LogP contribution >= 0.6 is 11.6 Å². The zero-order valence-corrected chi connectivity index (χ0v) is 18.4. The predicted octanol–water partition coefficient (Wildman–Crippen LogP) is 2.75. The zero-order valence-electron chi connectivity index (χ0n) is 16.8. The third-order valence-electron chi connectivity index (χ3n) is 5.84. The van der Waals surface area contributed by atoms with Gasteiger partial charge in [0.1, 0.15) is 5.52 Å². The molecule has 5 rings (SSSR count). The lowest BCUT2D eigenvalue weighted by Crippen LogP contribution is -2.29. The van der Waals surface area contributed by atoms with Crippen molar-refractivity contribution in [2.45, 2.75) is 55.3 Å². The summed E-state index contributed by atoms with van der Waals surface area (Å²) in [5.41, 5.74) is 1.21. The molecule has 11 heteroatoms. The van der Waals surface area contributed by atoms with Gasteiger partial charge in [-0.25, -0.2) is 18.4 Å². The first-order valence-corrected chi connectivity index (χ1v) is 12.1. The number of nitrogens with one attached hydrogen (secondary N) is 1. The van der Waals surface area contributed by atoms with E-state index in [2.05, 4.69) is 25.3 Å². The minimum Gasteiger partial charge on any atom is -0.360 e. The van der Waals surface area contributed by atoms with Gasteiger partial charge in [0.25, 0.3) is 5.56 Å². The van der Waals surface area contributed by atoms with Gasteiger partial charge < -0.3 is 5.32 Å². The molecule has 2 aliphatic rings. The molecule has 0 spiro atoms. The van der Waals surface area contributed by atoms with Crippen molar-refractivity contribution < 1.29 is 8.42 Å². The number of fused-ring (bicyclic) bond motifs is 1. The molecule has 2 saturated carbocycles. The van der Waals surface area contributed by atoms with Crippen molar-refractivity contribution >= 4 is 38.4 Å². The van der Waals surface area contributed by atoms with Crippen LogP contribution in [0, 0.1) is 5.92 Å². The molecule has 0 aromatic carbocycles. The molecule has 1 N–H and O–H groups in total. The molecule has 0 unspecified atom stereocenters. The average molecular weight is 461 g/mol. The Morgan fingerprint density at radius 3 is 2.58 bits per heavy atom. The Bertz CT molecular complexity index is 1320. The second-order valence-electron chi connectivity index (χ2n) is 8.14. The second-order valence-corrected chi connectivity index (χ2v) is 10.7. The molecule has 2 aliphatic carbocycles. The van der Waals surface area contributed by atoms with Crippen molar-refractivity contribution in [3.8, 4) is 0 Å². The summed E-state index contributed by atoms with van der Waals surface area (Å²) in [7, 11) is -3.27. The van der Waals surface area contributed by atoms with E-state index in [4.69, 9.17) is 11.6 Å². The molecule has 31 heavy (non-hydrogen) atoms. The molecule has 1 atom stereocenters. The van der Waals surface area contributed by atoms with E-state index in [1.54, 1.807) is 16.7 Å². The molecular formula is C20H21ClN6O3S. The molecule has 0 radical (unpaired) electrons. The molecule has 2 fully saturated rings. The lowest BCUT2D eigenvalue weighted by Gasteiger charge is -2.18. The maximum Gasteiger partial charge on any atom is 0.295 e. The predicted molar refractivity (Wildman–Crippen MR) is 116 cm³/mol. The Labute approximate surface area is 183 Å². The normalized spacial score (nSPS) is 17.6. The first kappa shape index (κ1) is 20.3. The number of halogens is 1. The minimum absolute atomic E-state index is 0.0328. The fraction of sp³-hybridized carbons (Fsp3) is 0.450. The molecule has 0 saturated heterocycles. The molecule has 0 bridgehead atoms. The van der Waals surface area contributed by atoms with E-state index in [1.165, 1.54) is 12.4 Å². The van der Waals surface area contributed by atoms with Gasteiger partial charge in [-0.15, -0.1) is 0 Å². The van der Waals surface area contributed by atoms with Gasteiger partial charge in [0.2, 0.25) is 5.28 Å². The number of hydrogen-bond donors (Lipinski definition) is 1. The van der Waals surface area contributed by atoms with Gasteiger partial charge in [0.05, 0.1) is 28.6 Å². The summed E-state index contributed by atoms with van der Waals surface area (Å²) in [6.45, 7) is 2.22. The van der Waals surface area contributed by atoms with E-state index >= 15 is 0 Å². The fourth-order valence-electron chi connectivity index (χ4n) is 3.69. The average Bonchev–Trinajstić information content (AvgIpc) is 3.64. The smallest absolute Gasteiger partial charge is 0.295 e. The van der Waals surface area contributed by atoms with E-state index in [-0.39, 0.29) is 39.4 Å². The fourth-order valence-corrected chi connectivity index (χ4v) is 5.42. The van der Waals surface area contributed by atoms with Crippen LogP contribution in [0.15, 0.2) is 34.2 Å². The lowest BCUT2D eigenvalue weighted by atomic mass is 10.2. The highest BCUT2D eigenvalue weighted by Crippen LogP contribution is 2.39. The Balaban J connectivity index is 1.43. The summed E-state index contributed by atoms with van der Waals surface area (Å²) >= 11 is 5.96. The van der Waals surface area contributed by atoms with Crippen LogP contribution in [0.2, 0.25) is 5.28 Å². The van der Waals surface area contributed by atoms with E-state index in [1.807, 2.05) is 6.92 Å². The van der Waals surface area contributed by atoms with E-state index in [0.29, 0.717) is 35.6 Å². The first-order chi connectivity index (χ1) is 14.8. The molecule has 3 aromatic heterocycles. The van der Waals surface area contributed by atoms with Crippen LogP contribution in [0.4, 0.5) is 5.82 Å². The Hall–Kier alpha value is -2.59. The Morgan fingerprint density at radius 2 is 1.94 bits per heavy atom. The highest BCUT2D eigenvalue weighted by atomic mass is 35.5. The molecule has 0 aliphatic heterocycles. The third kappa shape index (κ3) is 3.89. The summed E-state index contributed by atoms with van der Waals surface area (Å²) in [6.07, 6.45) is 6.43. The number of pyridine rings is 1. The van der Waals surface area contributed by atoms with Gasteiger partial charge in [-0.05, 0) is 62.3 Å². The van der Waals surface area contributed by atoms with Crippen molar-refractivity contribution in [3.05, 3.63) is 45.9 Å². The third-order valence-corrected chi connectivity index (χ3v) is 8.27. The van der Waals surface area contributed by atoms with Crippen LogP contribution in [-0.4, -0.2) is 38.2 Å². The second kappa shape index (κ2) is 7.52. The number of nitrogens with zero attached hydrogens (tertiary/aromatic N) is 5. The van der Waals surface area contributed by atoms with Crippen LogP contribution in [0.5, 0.6) is 0 Å². The lowest BCUT2D eigenvalue weighted by molar-refractivity contribution is 0.482. The quantitative estimate of drug-likeness (QED) is 0.534. The van der Waals surface area contributed by atoms with Gasteiger partial charge in [-0.3, -0.25) is 14.3 Å². The minimum atomic E-state index is -3.27. The zero-order chi connectivity index (χ0) is 21.8. The van der Waals surface area contributed by atoms with Crippen LogP contribution in [-0.2, 0) is 16.4 Å². The number of anilines is 1. The summed E-state index contributed by atoms with van der Waals surface area (Å²) < 4.78 is 26.3. The van der Waals surface area contributed by atoms with Gasteiger partial charge in [-0.1, -0.05) is 0 Å². The van der Waals surface area contributed by atoms with Crippen molar-refractivity contribution in [1.29, 1.82) is 0 Å². The van der Waals surface area contributed by atoms with Gasteiger partial charge in [0, 0.05) is 12.2 Å². The summed E-state index contributed by atoms with van der Waals surface area (Å²) in [5.74, 6) is 0.593. The van der Waals surface area contributed by atoms with Crippen LogP contribution < -0.4 is 10.9 Å². The highest BCUT2D eigenvalue weighted by Gasteiger charge is 2.37. The van der Waals surface area contributed by atoms with Crippen LogP contribution in [0.1, 0.15) is 44.3 Å². The summed E-state index contributed by atoms with van der Waals surface area (Å²) in [6, 6.07) is 3.18. The SMILES string of the molecule is C[C@@H](C1CC1)n1c(=O)c(NCc2ccc(S(=O)(=O)C3CC3)cn2)nc2cnc(Cl)nc21. The highest BCUT2D eigenvalue weighted by molar-refractivity contribution is 7.92. The van der Waals surface area contributed by atoms with Gasteiger partial charge >= 0.3 is 0 Å². The largest absolute Gasteiger partial charge is 0.360 e. The molecule has 9 nitrogen and oxygen atoms in total. The van der Waals surface area contributed by atoms with Crippen molar-refractivity contribution in [1.82, 2.24) is 24.5 Å². The number of aromatic nitrogens is 5. The molecule has 3 heterocycles. The number of sulfone groups is 1. The van der Waals surface area contributed by atoms with E-state index in [9.17, 15) is 13.2 Å². The summed E-state index contributed by atoms with van der Waals surface area (Å²) in [4.78, 5) is 30.3. The maximum atomic E-state index is 13.2. The Morgan fingerprint density at radius 1 is 1.16 bits per heavy atom. The molecule has 3 aromatic rings. The van der Waals surface area contributed by atoms with Crippen LogP contribution in [0.25, 0.3) is 11.2 Å². The van der Waals surface area contributed by atoms with Crippen LogP contribution in [0.3, 0.4) is 0 Å². The van der Waals surface area contributed by atoms with E-state index in [0.717, 1.165) is 12.8 Å². The maximum absolute atomic E-state index is 13.2. The monoisotopic (exact) mass is 460 g/mol. The number of rotatable bonds is 7. The van der Waals surface area contributed by atoms with Crippen molar-refractivity contribution in [2.75, 3.05) is 5.32 Å². The van der Waals surface area contributed by atoms with E-state index < -0.39 is 9.84 Å². The van der Waals surface area contributed by atoms with Crippen molar-refractivity contribution in [2.24, 2.45) is 5.92 Å². The first-order valence-electron chi connectivity index (χ1n) is 10.2. The molecular weight excluding hydrogens is 440 g/mol. The molecule has 162 valence electrons.